The third-order valence-electron chi connectivity index (χ3n) is 4.67. The minimum atomic E-state index is -0.725. The number of methoxy groups -OCH3 is 1. The molecule has 3 aromatic rings. The number of nitro benzene ring substituents is 1. The molecule has 0 amide bonds. The number of hydrogen-bond acceptors (Lipinski definition) is 9. The molecule has 10 nitrogen and oxygen atoms in total. The number of benzene rings is 2. The molecule has 1 heterocycles. The van der Waals surface area contributed by atoms with E-state index in [1.165, 1.54) is 36.0 Å². The topological polar surface area (TPSA) is 138 Å². The number of carbonyl (C=O) groups is 2. The number of thiazole rings is 1. The van der Waals surface area contributed by atoms with E-state index in [2.05, 4.69) is 4.74 Å². The summed E-state index contributed by atoms with van der Waals surface area (Å²) in [6, 6.07) is 10.2. The van der Waals surface area contributed by atoms with E-state index in [4.69, 9.17) is 4.74 Å². The second-order valence-corrected chi connectivity index (χ2v) is 7.99. The van der Waals surface area contributed by atoms with Crippen molar-refractivity contribution in [2.45, 2.75) is 13.5 Å². The number of ether oxygens (including phenoxy) is 2. The maximum Gasteiger partial charge on any atom is 0.337 e. The lowest BCUT2D eigenvalue weighted by Crippen LogP contribution is -2.32. The normalized spacial score (nSPS) is 11.9. The van der Waals surface area contributed by atoms with Crippen LogP contribution in [0.25, 0.3) is 12.2 Å². The highest BCUT2D eigenvalue weighted by molar-refractivity contribution is 7.07. The van der Waals surface area contributed by atoms with Crippen LogP contribution in [0.5, 0.6) is 5.75 Å². The fraction of sp³-hybridized carbons (Fsp3) is 0.174. The third kappa shape index (κ3) is 5.56. The van der Waals surface area contributed by atoms with Crippen LogP contribution in [0.4, 0.5) is 5.69 Å². The van der Waals surface area contributed by atoms with Crippen molar-refractivity contribution >= 4 is 41.1 Å². The Balaban J connectivity index is 2.10. The van der Waals surface area contributed by atoms with E-state index < -0.39 is 33.9 Å². The number of esters is 2. The van der Waals surface area contributed by atoms with Gasteiger partial charge in [0.1, 0.15) is 4.66 Å². The van der Waals surface area contributed by atoms with E-state index in [0.717, 1.165) is 17.4 Å². The molecule has 0 bridgehead atoms. The van der Waals surface area contributed by atoms with Crippen LogP contribution in [0, 0.1) is 10.1 Å². The van der Waals surface area contributed by atoms with Gasteiger partial charge in [0.25, 0.3) is 5.56 Å². The zero-order valence-electron chi connectivity index (χ0n) is 18.2. The highest BCUT2D eigenvalue weighted by Gasteiger charge is 2.14. The van der Waals surface area contributed by atoms with Gasteiger partial charge in [-0.2, -0.15) is 0 Å². The highest BCUT2D eigenvalue weighted by atomic mass is 32.1. The van der Waals surface area contributed by atoms with Crippen LogP contribution in [0.15, 0.2) is 47.3 Å². The largest absolute Gasteiger partial charge is 0.502 e. The molecule has 0 saturated heterocycles. The Labute approximate surface area is 196 Å². The Morgan fingerprint density at radius 2 is 1.91 bits per heavy atom. The van der Waals surface area contributed by atoms with Gasteiger partial charge in [-0.05, 0) is 42.3 Å². The lowest BCUT2D eigenvalue weighted by molar-refractivity contribution is -0.385. The summed E-state index contributed by atoms with van der Waals surface area (Å²) in [6.07, 6.45) is 2.65. The first kappa shape index (κ1) is 24.4. The first-order chi connectivity index (χ1) is 16.2. The molecular weight excluding hydrogens is 464 g/mol. The smallest absolute Gasteiger partial charge is 0.337 e. The standard InChI is InChI=1S/C23H20N2O8S/c1-3-33-21(27)12-20-24(13-14-4-7-16(8-5-14)23(29)32-2)22(28)19(34-20)11-15-6-9-18(26)17(10-15)25(30)31/h4-12,26H,3,13H2,1-2H3/b19-11-,20-12-. The fourth-order valence-corrected chi connectivity index (χ4v) is 4.08. The monoisotopic (exact) mass is 484 g/mol. The van der Waals surface area contributed by atoms with Crippen molar-refractivity contribution in [3.8, 4) is 5.75 Å². The molecule has 0 aliphatic rings. The van der Waals surface area contributed by atoms with Crippen molar-refractivity contribution in [1.82, 2.24) is 4.57 Å². The summed E-state index contributed by atoms with van der Waals surface area (Å²) in [5, 5.41) is 20.8. The summed E-state index contributed by atoms with van der Waals surface area (Å²) in [4.78, 5) is 47.2. The van der Waals surface area contributed by atoms with Crippen molar-refractivity contribution in [2.24, 2.45) is 0 Å². The van der Waals surface area contributed by atoms with Gasteiger partial charge in [0, 0.05) is 6.07 Å². The Kier molecular flexibility index (Phi) is 7.59. The van der Waals surface area contributed by atoms with Crippen LogP contribution in [0.1, 0.15) is 28.4 Å². The molecule has 2 aromatic carbocycles. The molecule has 176 valence electrons. The Morgan fingerprint density at radius 1 is 1.21 bits per heavy atom. The van der Waals surface area contributed by atoms with Gasteiger partial charge in [0.05, 0.1) is 41.4 Å². The number of rotatable bonds is 7. The summed E-state index contributed by atoms with van der Waals surface area (Å²) in [7, 11) is 1.28. The maximum atomic E-state index is 13.2. The summed E-state index contributed by atoms with van der Waals surface area (Å²) in [6.45, 7) is 1.93. The van der Waals surface area contributed by atoms with E-state index in [0.29, 0.717) is 21.4 Å². The molecule has 0 aliphatic heterocycles. The number of nitro groups is 1. The fourth-order valence-electron chi connectivity index (χ4n) is 3.05. The van der Waals surface area contributed by atoms with Crippen LogP contribution in [0.3, 0.4) is 0 Å². The molecule has 0 radical (unpaired) electrons. The second-order valence-electron chi connectivity index (χ2n) is 6.93. The molecule has 11 heteroatoms. The van der Waals surface area contributed by atoms with Crippen LogP contribution >= 0.6 is 11.3 Å². The summed E-state index contributed by atoms with van der Waals surface area (Å²) in [5.41, 5.74) is 0.464. The number of aromatic hydroxyl groups is 1. The van der Waals surface area contributed by atoms with Crippen molar-refractivity contribution in [3.63, 3.8) is 0 Å². The molecule has 1 N–H and O–H groups in total. The SMILES string of the molecule is CCOC(=O)/C=c1\s/c(=C\c2ccc(O)c([N+](=O)[O-])c2)c(=O)n1Cc1ccc(C(=O)OC)cc1. The Hall–Kier alpha value is -4.25. The van der Waals surface area contributed by atoms with E-state index in [1.54, 1.807) is 31.2 Å². The van der Waals surface area contributed by atoms with Crippen molar-refractivity contribution < 1.29 is 29.1 Å². The summed E-state index contributed by atoms with van der Waals surface area (Å²) < 4.78 is 11.6. The molecule has 0 atom stereocenters. The molecular formula is C23H20N2O8S. The predicted molar refractivity (Wildman–Crippen MR) is 124 cm³/mol. The number of phenolic OH excluding ortho intramolecular Hbond substituents is 1. The molecule has 0 spiro atoms. The number of aromatic nitrogens is 1. The average molecular weight is 484 g/mol. The van der Waals surface area contributed by atoms with Crippen LogP contribution in [-0.2, 0) is 20.8 Å². The first-order valence-corrected chi connectivity index (χ1v) is 10.8. The number of nitrogens with zero attached hydrogens (tertiary/aromatic N) is 2. The Bertz CT molecular complexity index is 1420. The first-order valence-electron chi connectivity index (χ1n) is 9.98. The quantitative estimate of drug-likeness (QED) is 0.303. The van der Waals surface area contributed by atoms with E-state index >= 15 is 0 Å². The van der Waals surface area contributed by atoms with Crippen LogP contribution in [0.2, 0.25) is 0 Å². The second kappa shape index (κ2) is 10.6. The molecule has 0 saturated carbocycles. The minimum absolute atomic E-state index is 0.103. The van der Waals surface area contributed by atoms with Gasteiger partial charge < -0.3 is 14.6 Å². The van der Waals surface area contributed by atoms with Crippen molar-refractivity contribution in [3.05, 3.63) is 88.8 Å². The van der Waals surface area contributed by atoms with Gasteiger partial charge in [0.2, 0.25) is 0 Å². The molecule has 3 rings (SSSR count). The van der Waals surface area contributed by atoms with Gasteiger partial charge in [-0.3, -0.25) is 19.5 Å². The van der Waals surface area contributed by atoms with Gasteiger partial charge >= 0.3 is 17.6 Å². The lowest BCUT2D eigenvalue weighted by atomic mass is 10.1. The maximum absolute atomic E-state index is 13.2. The minimum Gasteiger partial charge on any atom is -0.502 e. The average Bonchev–Trinajstić information content (AvgIpc) is 3.08. The predicted octanol–water partition coefficient (Wildman–Crippen LogP) is 1.53. The number of hydrogen-bond donors (Lipinski definition) is 1. The van der Waals surface area contributed by atoms with Gasteiger partial charge in [-0.1, -0.05) is 18.2 Å². The van der Waals surface area contributed by atoms with E-state index in [-0.39, 0.29) is 17.7 Å². The molecule has 0 aliphatic carbocycles. The molecule has 0 fully saturated rings. The van der Waals surface area contributed by atoms with Gasteiger partial charge in [-0.25, -0.2) is 9.59 Å². The number of carbonyl (C=O) groups excluding carboxylic acids is 2. The Morgan fingerprint density at radius 3 is 2.53 bits per heavy atom. The van der Waals surface area contributed by atoms with E-state index in [1.807, 2.05) is 0 Å². The lowest BCUT2D eigenvalue weighted by Gasteiger charge is -2.04. The van der Waals surface area contributed by atoms with Crippen molar-refractivity contribution in [2.75, 3.05) is 13.7 Å². The summed E-state index contributed by atoms with van der Waals surface area (Å²) >= 11 is 1.02. The summed E-state index contributed by atoms with van der Waals surface area (Å²) in [5.74, 6) is -1.60. The molecule has 0 unspecified atom stereocenters. The van der Waals surface area contributed by atoms with E-state index in [9.17, 15) is 29.6 Å². The van der Waals surface area contributed by atoms with Crippen LogP contribution < -0.4 is 14.8 Å². The van der Waals surface area contributed by atoms with Gasteiger partial charge in [-0.15, -0.1) is 11.3 Å². The van der Waals surface area contributed by atoms with Crippen LogP contribution in [-0.4, -0.2) is 40.3 Å². The highest BCUT2D eigenvalue weighted by Crippen LogP contribution is 2.26. The molecule has 34 heavy (non-hydrogen) atoms. The molecule has 1 aromatic heterocycles. The van der Waals surface area contributed by atoms with Gasteiger partial charge in [0.15, 0.2) is 5.75 Å². The zero-order valence-corrected chi connectivity index (χ0v) is 19.0. The zero-order chi connectivity index (χ0) is 24.8. The number of phenols is 1. The van der Waals surface area contributed by atoms with Crippen molar-refractivity contribution in [1.29, 1.82) is 0 Å². The third-order valence-corrected chi connectivity index (χ3v) is 5.73.